The van der Waals surface area contributed by atoms with E-state index in [0.29, 0.717) is 24.7 Å². The van der Waals surface area contributed by atoms with Gasteiger partial charge in [0, 0.05) is 42.9 Å². The number of pyridine rings is 1. The van der Waals surface area contributed by atoms with Gasteiger partial charge in [-0.3, -0.25) is 14.5 Å². The van der Waals surface area contributed by atoms with Crippen LogP contribution in [0.5, 0.6) is 0 Å². The average molecular weight is 377 g/mol. The SMILES string of the molecule is NC(=NCc1cccc(NC(=O)Cn2cccn2)c1)NCCc1ccccn1. The minimum Gasteiger partial charge on any atom is -0.370 e. The van der Waals surface area contributed by atoms with Gasteiger partial charge < -0.3 is 16.4 Å². The number of hydrogen-bond donors (Lipinski definition) is 3. The Bertz CT molecular complexity index is 907. The van der Waals surface area contributed by atoms with Gasteiger partial charge in [0.2, 0.25) is 5.91 Å². The molecule has 0 atom stereocenters. The molecule has 0 aliphatic carbocycles. The fourth-order valence-corrected chi connectivity index (χ4v) is 2.59. The van der Waals surface area contributed by atoms with Gasteiger partial charge in [-0.2, -0.15) is 5.10 Å². The lowest BCUT2D eigenvalue weighted by Gasteiger charge is -2.08. The molecule has 0 aliphatic rings. The average Bonchev–Trinajstić information content (AvgIpc) is 3.20. The van der Waals surface area contributed by atoms with E-state index in [2.05, 4.69) is 25.7 Å². The lowest BCUT2D eigenvalue weighted by Crippen LogP contribution is -2.33. The number of amides is 1. The van der Waals surface area contributed by atoms with Crippen molar-refractivity contribution in [2.45, 2.75) is 19.5 Å². The van der Waals surface area contributed by atoms with Crippen LogP contribution in [-0.2, 0) is 24.3 Å². The maximum atomic E-state index is 12.1. The van der Waals surface area contributed by atoms with E-state index < -0.39 is 0 Å². The molecular weight excluding hydrogens is 354 g/mol. The van der Waals surface area contributed by atoms with E-state index in [1.807, 2.05) is 42.5 Å². The third-order valence-electron chi connectivity index (χ3n) is 3.92. The number of carbonyl (C=O) groups is 1. The lowest BCUT2D eigenvalue weighted by atomic mass is 10.2. The summed E-state index contributed by atoms with van der Waals surface area (Å²) >= 11 is 0. The molecule has 0 saturated heterocycles. The number of anilines is 1. The van der Waals surface area contributed by atoms with Crippen LogP contribution in [0, 0.1) is 0 Å². The molecule has 8 heteroatoms. The zero-order valence-corrected chi connectivity index (χ0v) is 15.5. The van der Waals surface area contributed by atoms with Crippen LogP contribution < -0.4 is 16.4 Å². The number of aromatic nitrogens is 3. The van der Waals surface area contributed by atoms with Crippen molar-refractivity contribution in [2.75, 3.05) is 11.9 Å². The van der Waals surface area contributed by atoms with Gasteiger partial charge >= 0.3 is 0 Å². The Hall–Kier alpha value is -3.68. The first-order valence-electron chi connectivity index (χ1n) is 8.99. The molecule has 0 unspecified atom stereocenters. The lowest BCUT2D eigenvalue weighted by molar-refractivity contribution is -0.116. The third kappa shape index (κ3) is 6.24. The Morgan fingerprint density at radius 2 is 2.07 bits per heavy atom. The summed E-state index contributed by atoms with van der Waals surface area (Å²) in [5.41, 5.74) is 8.59. The van der Waals surface area contributed by atoms with Crippen molar-refractivity contribution in [3.63, 3.8) is 0 Å². The second-order valence-electron chi connectivity index (χ2n) is 6.15. The number of nitrogens with two attached hydrogens (primary N) is 1. The van der Waals surface area contributed by atoms with E-state index in [9.17, 15) is 4.79 Å². The fourth-order valence-electron chi connectivity index (χ4n) is 2.59. The third-order valence-corrected chi connectivity index (χ3v) is 3.92. The van der Waals surface area contributed by atoms with Gasteiger partial charge in [-0.1, -0.05) is 18.2 Å². The van der Waals surface area contributed by atoms with Gasteiger partial charge in [0.1, 0.15) is 6.54 Å². The van der Waals surface area contributed by atoms with Crippen LogP contribution in [0.25, 0.3) is 0 Å². The first-order valence-corrected chi connectivity index (χ1v) is 8.99. The monoisotopic (exact) mass is 377 g/mol. The molecule has 8 nitrogen and oxygen atoms in total. The van der Waals surface area contributed by atoms with Crippen LogP contribution in [0.2, 0.25) is 0 Å². The normalized spacial score (nSPS) is 11.2. The summed E-state index contributed by atoms with van der Waals surface area (Å²) in [6.07, 6.45) is 5.93. The molecule has 1 amide bonds. The van der Waals surface area contributed by atoms with E-state index in [1.165, 1.54) is 0 Å². The Balaban J connectivity index is 1.46. The molecule has 1 aromatic carbocycles. The van der Waals surface area contributed by atoms with E-state index in [1.54, 1.807) is 29.3 Å². The molecule has 0 saturated carbocycles. The van der Waals surface area contributed by atoms with Gasteiger partial charge in [0.15, 0.2) is 5.96 Å². The fraction of sp³-hybridized carbons (Fsp3) is 0.200. The highest BCUT2D eigenvalue weighted by atomic mass is 16.2. The number of hydrogen-bond acceptors (Lipinski definition) is 4. The Morgan fingerprint density at radius 3 is 2.86 bits per heavy atom. The van der Waals surface area contributed by atoms with Crippen molar-refractivity contribution in [3.8, 4) is 0 Å². The summed E-state index contributed by atoms with van der Waals surface area (Å²) in [6, 6.07) is 15.1. The van der Waals surface area contributed by atoms with Crippen molar-refractivity contribution in [1.29, 1.82) is 0 Å². The number of aliphatic imine (C=N–C) groups is 1. The Morgan fingerprint density at radius 1 is 1.14 bits per heavy atom. The quantitative estimate of drug-likeness (QED) is 0.408. The highest BCUT2D eigenvalue weighted by molar-refractivity contribution is 5.90. The van der Waals surface area contributed by atoms with Gasteiger partial charge in [-0.25, -0.2) is 4.99 Å². The number of nitrogens with zero attached hydrogens (tertiary/aromatic N) is 4. The molecule has 0 bridgehead atoms. The van der Waals surface area contributed by atoms with Crippen molar-refractivity contribution in [3.05, 3.63) is 78.4 Å². The van der Waals surface area contributed by atoms with Crippen LogP contribution in [0.3, 0.4) is 0 Å². The number of guanidine groups is 1. The predicted octanol–water partition coefficient (Wildman–Crippen LogP) is 1.56. The summed E-state index contributed by atoms with van der Waals surface area (Å²) in [4.78, 5) is 20.7. The van der Waals surface area contributed by atoms with E-state index in [0.717, 1.165) is 17.7 Å². The number of rotatable bonds is 8. The minimum atomic E-state index is -0.139. The summed E-state index contributed by atoms with van der Waals surface area (Å²) in [7, 11) is 0. The summed E-state index contributed by atoms with van der Waals surface area (Å²) in [5.74, 6) is 0.240. The summed E-state index contributed by atoms with van der Waals surface area (Å²) in [6.45, 7) is 1.25. The van der Waals surface area contributed by atoms with Crippen molar-refractivity contribution < 1.29 is 4.79 Å². The maximum absolute atomic E-state index is 12.1. The van der Waals surface area contributed by atoms with Crippen LogP contribution in [0.4, 0.5) is 5.69 Å². The zero-order chi connectivity index (χ0) is 19.6. The molecule has 0 fully saturated rings. The molecule has 28 heavy (non-hydrogen) atoms. The summed E-state index contributed by atoms with van der Waals surface area (Å²) < 4.78 is 1.57. The van der Waals surface area contributed by atoms with Crippen LogP contribution in [0.15, 0.2) is 72.1 Å². The standard InChI is InChI=1S/C20H23N7O/c21-20(23-11-8-17-6-1-2-9-22-17)24-14-16-5-3-7-18(13-16)26-19(28)15-27-12-4-10-25-27/h1-7,9-10,12-13H,8,11,14-15H2,(H,26,28)(H3,21,23,24). The van der Waals surface area contributed by atoms with Crippen LogP contribution in [0.1, 0.15) is 11.3 Å². The number of carbonyl (C=O) groups excluding carboxylic acids is 1. The van der Waals surface area contributed by atoms with E-state index in [4.69, 9.17) is 5.73 Å². The van der Waals surface area contributed by atoms with E-state index in [-0.39, 0.29) is 12.5 Å². The number of nitrogens with one attached hydrogen (secondary N) is 2. The van der Waals surface area contributed by atoms with Crippen molar-refractivity contribution in [1.82, 2.24) is 20.1 Å². The van der Waals surface area contributed by atoms with Crippen LogP contribution in [-0.4, -0.2) is 33.2 Å². The van der Waals surface area contributed by atoms with Crippen molar-refractivity contribution >= 4 is 17.6 Å². The second-order valence-corrected chi connectivity index (χ2v) is 6.15. The molecule has 2 heterocycles. The first-order chi connectivity index (χ1) is 13.7. The molecule has 4 N–H and O–H groups in total. The molecule has 0 spiro atoms. The molecule has 0 radical (unpaired) electrons. The number of benzene rings is 1. The van der Waals surface area contributed by atoms with Gasteiger partial charge in [-0.15, -0.1) is 0 Å². The molecule has 0 aliphatic heterocycles. The predicted molar refractivity (Wildman–Crippen MR) is 109 cm³/mol. The Labute approximate surface area is 163 Å². The van der Waals surface area contributed by atoms with Crippen molar-refractivity contribution in [2.24, 2.45) is 10.7 Å². The Kier molecular flexibility index (Phi) is 6.73. The molecular formula is C20H23N7O. The second kappa shape index (κ2) is 9.86. The van der Waals surface area contributed by atoms with Gasteiger partial charge in [-0.05, 0) is 35.9 Å². The maximum Gasteiger partial charge on any atom is 0.246 e. The largest absolute Gasteiger partial charge is 0.370 e. The first kappa shape index (κ1) is 19.1. The smallest absolute Gasteiger partial charge is 0.246 e. The molecule has 2 aromatic heterocycles. The minimum absolute atomic E-state index is 0.139. The zero-order valence-electron chi connectivity index (χ0n) is 15.5. The topological polar surface area (TPSA) is 110 Å². The highest BCUT2D eigenvalue weighted by Gasteiger charge is 2.04. The van der Waals surface area contributed by atoms with Gasteiger partial charge in [0.05, 0.1) is 6.54 Å². The molecule has 3 aromatic rings. The van der Waals surface area contributed by atoms with Gasteiger partial charge in [0.25, 0.3) is 0 Å². The highest BCUT2D eigenvalue weighted by Crippen LogP contribution is 2.11. The molecule has 3 rings (SSSR count). The molecule has 144 valence electrons. The van der Waals surface area contributed by atoms with Crippen LogP contribution >= 0.6 is 0 Å². The summed E-state index contributed by atoms with van der Waals surface area (Å²) in [5, 5.41) is 9.96. The van der Waals surface area contributed by atoms with E-state index >= 15 is 0 Å².